The number of aromatic nitrogens is 2. The number of nitrogens with one attached hydrogen (secondary N) is 1. The molecule has 0 aliphatic rings. The molecule has 0 aliphatic heterocycles. The minimum atomic E-state index is -0.397. The Labute approximate surface area is 166 Å². The molecule has 1 amide bonds. The first kappa shape index (κ1) is 18.8. The maximum absolute atomic E-state index is 12.6. The second-order valence-corrected chi connectivity index (χ2v) is 7.14. The standard InChI is InChI=1S/C19H16Cl3N3O/c1-25-9-8-23-19(25)18(12-2-5-14(20)6-3-12)24-17(26)10-13-4-7-15(21)11-16(13)22/h2-9,11,18H,10H2,1H3,(H,24,26)/t18-/m1/s1. The lowest BCUT2D eigenvalue weighted by Gasteiger charge is -2.19. The van der Waals surface area contributed by atoms with Gasteiger partial charge in [-0.2, -0.15) is 0 Å². The SMILES string of the molecule is Cn1ccnc1[C@H](NC(=O)Cc1ccc(Cl)cc1Cl)c1ccc(Cl)cc1. The summed E-state index contributed by atoms with van der Waals surface area (Å²) in [6, 6.07) is 12.0. The van der Waals surface area contributed by atoms with Crippen LogP contribution >= 0.6 is 34.8 Å². The van der Waals surface area contributed by atoms with E-state index in [0.717, 1.165) is 11.4 Å². The molecule has 0 radical (unpaired) electrons. The Kier molecular flexibility index (Phi) is 5.87. The van der Waals surface area contributed by atoms with Crippen molar-refractivity contribution in [2.75, 3.05) is 0 Å². The summed E-state index contributed by atoms with van der Waals surface area (Å²) in [6.45, 7) is 0. The fourth-order valence-electron chi connectivity index (χ4n) is 2.66. The quantitative estimate of drug-likeness (QED) is 0.657. The Bertz CT molecular complexity index is 922. The molecule has 0 saturated heterocycles. The number of benzene rings is 2. The molecule has 0 unspecified atom stereocenters. The van der Waals surface area contributed by atoms with Crippen molar-refractivity contribution in [3.05, 3.63) is 86.9 Å². The fourth-order valence-corrected chi connectivity index (χ4v) is 3.26. The Morgan fingerprint density at radius 3 is 2.42 bits per heavy atom. The maximum atomic E-state index is 12.6. The van der Waals surface area contributed by atoms with Gasteiger partial charge in [-0.3, -0.25) is 4.79 Å². The first-order valence-electron chi connectivity index (χ1n) is 7.90. The average molecular weight is 409 g/mol. The monoisotopic (exact) mass is 407 g/mol. The molecule has 1 N–H and O–H groups in total. The van der Waals surface area contributed by atoms with Gasteiger partial charge in [0.1, 0.15) is 11.9 Å². The predicted molar refractivity (Wildman–Crippen MR) is 105 cm³/mol. The summed E-state index contributed by atoms with van der Waals surface area (Å²) in [5.74, 6) is 0.556. The summed E-state index contributed by atoms with van der Waals surface area (Å²) in [5.41, 5.74) is 1.60. The van der Waals surface area contributed by atoms with Crippen LogP contribution in [0.1, 0.15) is 23.0 Å². The summed E-state index contributed by atoms with van der Waals surface area (Å²) >= 11 is 18.1. The highest BCUT2D eigenvalue weighted by molar-refractivity contribution is 6.35. The molecular formula is C19H16Cl3N3O. The lowest BCUT2D eigenvalue weighted by molar-refractivity contribution is -0.121. The lowest BCUT2D eigenvalue weighted by atomic mass is 10.1. The maximum Gasteiger partial charge on any atom is 0.225 e. The van der Waals surface area contributed by atoms with Crippen molar-refractivity contribution in [2.45, 2.75) is 12.5 Å². The molecule has 134 valence electrons. The molecule has 3 aromatic rings. The first-order valence-corrected chi connectivity index (χ1v) is 9.03. The number of nitrogens with zero attached hydrogens (tertiary/aromatic N) is 2. The first-order chi connectivity index (χ1) is 12.4. The number of hydrogen-bond donors (Lipinski definition) is 1. The molecule has 1 heterocycles. The van der Waals surface area contributed by atoms with E-state index in [1.807, 2.05) is 29.9 Å². The van der Waals surface area contributed by atoms with Gasteiger partial charge in [0, 0.05) is 34.5 Å². The van der Waals surface area contributed by atoms with Crippen molar-refractivity contribution in [3.8, 4) is 0 Å². The van der Waals surface area contributed by atoms with E-state index in [0.29, 0.717) is 20.6 Å². The van der Waals surface area contributed by atoms with Crippen molar-refractivity contribution in [3.63, 3.8) is 0 Å². The van der Waals surface area contributed by atoms with E-state index in [9.17, 15) is 4.79 Å². The smallest absolute Gasteiger partial charge is 0.225 e. The van der Waals surface area contributed by atoms with E-state index in [1.54, 1.807) is 36.5 Å². The van der Waals surface area contributed by atoms with Crippen LogP contribution in [0.5, 0.6) is 0 Å². The molecule has 7 heteroatoms. The van der Waals surface area contributed by atoms with E-state index in [2.05, 4.69) is 10.3 Å². The van der Waals surface area contributed by atoms with Gasteiger partial charge < -0.3 is 9.88 Å². The van der Waals surface area contributed by atoms with Crippen LogP contribution in [-0.2, 0) is 18.3 Å². The van der Waals surface area contributed by atoms with Gasteiger partial charge in [0.05, 0.1) is 6.42 Å². The molecule has 4 nitrogen and oxygen atoms in total. The van der Waals surface area contributed by atoms with Crippen LogP contribution in [0.25, 0.3) is 0 Å². The molecular weight excluding hydrogens is 393 g/mol. The van der Waals surface area contributed by atoms with Crippen molar-refractivity contribution in [2.24, 2.45) is 7.05 Å². The number of carbonyl (C=O) groups is 1. The summed E-state index contributed by atoms with van der Waals surface area (Å²) in [4.78, 5) is 17.0. The number of imidazole rings is 1. The molecule has 0 bridgehead atoms. The highest BCUT2D eigenvalue weighted by Gasteiger charge is 2.21. The van der Waals surface area contributed by atoms with Gasteiger partial charge in [-0.25, -0.2) is 4.98 Å². The molecule has 0 spiro atoms. The molecule has 26 heavy (non-hydrogen) atoms. The Morgan fingerprint density at radius 1 is 1.12 bits per heavy atom. The van der Waals surface area contributed by atoms with Crippen LogP contribution in [0.15, 0.2) is 54.9 Å². The normalized spacial score (nSPS) is 12.0. The van der Waals surface area contributed by atoms with Crippen LogP contribution in [0, 0.1) is 0 Å². The molecule has 3 rings (SSSR count). The van der Waals surface area contributed by atoms with Crippen LogP contribution in [0.2, 0.25) is 15.1 Å². The second-order valence-electron chi connectivity index (χ2n) is 5.86. The van der Waals surface area contributed by atoms with E-state index >= 15 is 0 Å². The molecule has 1 aromatic heterocycles. The zero-order valence-corrected chi connectivity index (χ0v) is 16.2. The minimum absolute atomic E-state index is 0.143. The molecule has 1 atom stereocenters. The van der Waals surface area contributed by atoms with Crippen molar-refractivity contribution >= 4 is 40.7 Å². The summed E-state index contributed by atoms with van der Waals surface area (Å²) in [6.07, 6.45) is 3.67. The number of aryl methyl sites for hydroxylation is 1. The minimum Gasteiger partial charge on any atom is -0.342 e. The van der Waals surface area contributed by atoms with Crippen molar-refractivity contribution in [1.82, 2.24) is 14.9 Å². The van der Waals surface area contributed by atoms with E-state index in [4.69, 9.17) is 34.8 Å². The van der Waals surface area contributed by atoms with Crippen LogP contribution < -0.4 is 5.32 Å². The van der Waals surface area contributed by atoms with Crippen LogP contribution in [0.3, 0.4) is 0 Å². The Balaban J connectivity index is 1.84. The van der Waals surface area contributed by atoms with Gasteiger partial charge >= 0.3 is 0 Å². The van der Waals surface area contributed by atoms with Crippen molar-refractivity contribution in [1.29, 1.82) is 0 Å². The zero-order valence-electron chi connectivity index (χ0n) is 13.9. The number of amides is 1. The summed E-state index contributed by atoms with van der Waals surface area (Å²) in [7, 11) is 1.88. The average Bonchev–Trinajstić information content (AvgIpc) is 3.02. The molecule has 0 aliphatic carbocycles. The van der Waals surface area contributed by atoms with E-state index < -0.39 is 6.04 Å². The highest BCUT2D eigenvalue weighted by atomic mass is 35.5. The van der Waals surface area contributed by atoms with Gasteiger partial charge in [0.25, 0.3) is 0 Å². The summed E-state index contributed by atoms with van der Waals surface area (Å²) in [5, 5.41) is 4.66. The fraction of sp³-hybridized carbons (Fsp3) is 0.158. The Morgan fingerprint density at radius 2 is 1.81 bits per heavy atom. The Hall–Kier alpha value is -2.01. The lowest BCUT2D eigenvalue weighted by Crippen LogP contribution is -2.32. The van der Waals surface area contributed by atoms with Crippen LogP contribution in [-0.4, -0.2) is 15.5 Å². The van der Waals surface area contributed by atoms with Crippen molar-refractivity contribution < 1.29 is 4.79 Å². The zero-order chi connectivity index (χ0) is 18.7. The largest absolute Gasteiger partial charge is 0.342 e. The number of carbonyl (C=O) groups excluding carboxylic acids is 1. The van der Waals surface area contributed by atoms with Gasteiger partial charge in [-0.1, -0.05) is 53.0 Å². The van der Waals surface area contributed by atoms with Crippen LogP contribution in [0.4, 0.5) is 0 Å². The number of hydrogen-bond acceptors (Lipinski definition) is 2. The van der Waals surface area contributed by atoms with Gasteiger partial charge in [-0.05, 0) is 35.4 Å². The second kappa shape index (κ2) is 8.12. The van der Waals surface area contributed by atoms with Gasteiger partial charge in [-0.15, -0.1) is 0 Å². The molecule has 0 saturated carbocycles. The highest BCUT2D eigenvalue weighted by Crippen LogP contribution is 2.24. The number of rotatable bonds is 5. The van der Waals surface area contributed by atoms with E-state index in [1.165, 1.54) is 0 Å². The van der Waals surface area contributed by atoms with Gasteiger partial charge in [0.15, 0.2) is 0 Å². The summed E-state index contributed by atoms with van der Waals surface area (Å²) < 4.78 is 1.87. The van der Waals surface area contributed by atoms with Gasteiger partial charge in [0.2, 0.25) is 5.91 Å². The molecule has 0 fully saturated rings. The third-order valence-corrected chi connectivity index (χ3v) is 4.83. The third kappa shape index (κ3) is 4.39. The topological polar surface area (TPSA) is 46.9 Å². The predicted octanol–water partition coefficient (Wildman–Crippen LogP) is 4.83. The molecule has 2 aromatic carbocycles. The number of halogens is 3. The third-order valence-electron chi connectivity index (χ3n) is 3.99. The van der Waals surface area contributed by atoms with E-state index in [-0.39, 0.29) is 12.3 Å².